The summed E-state index contributed by atoms with van der Waals surface area (Å²) in [5.74, 6) is 1.02. The number of aromatic nitrogens is 2. The van der Waals surface area contributed by atoms with Gasteiger partial charge in [-0.15, -0.1) is 0 Å². The Morgan fingerprint density at radius 2 is 2.21 bits per heavy atom. The number of hydrogen-bond acceptors (Lipinski definition) is 3. The lowest BCUT2D eigenvalue weighted by molar-refractivity contribution is 0.653. The van der Waals surface area contributed by atoms with Gasteiger partial charge in [-0.1, -0.05) is 0 Å². The molecule has 4 heteroatoms. The maximum atomic E-state index is 9.17. The van der Waals surface area contributed by atoms with Crippen molar-refractivity contribution in [2.45, 2.75) is 19.8 Å². The molecule has 0 atom stereocenters. The quantitative estimate of drug-likeness (QED) is 0.845. The van der Waals surface area contributed by atoms with Crippen LogP contribution in [0.1, 0.15) is 18.7 Å². The molecular weight excluding hydrogens is 236 g/mol. The molecule has 1 fully saturated rings. The number of nitriles is 1. The van der Waals surface area contributed by atoms with Crippen LogP contribution in [0.4, 0.5) is 5.69 Å². The summed E-state index contributed by atoms with van der Waals surface area (Å²) in [6.45, 7) is 2.82. The summed E-state index contributed by atoms with van der Waals surface area (Å²) in [4.78, 5) is 6.73. The van der Waals surface area contributed by atoms with Crippen LogP contribution in [0, 0.1) is 23.7 Å². The number of hydrogen-bond donors (Lipinski definition) is 0. The molecule has 1 aromatic heterocycles. The van der Waals surface area contributed by atoms with Gasteiger partial charge in [-0.3, -0.25) is 0 Å². The fourth-order valence-electron chi connectivity index (χ4n) is 2.55. The molecule has 1 aromatic carbocycles. The molecule has 1 aliphatic carbocycles. The highest BCUT2D eigenvalue weighted by molar-refractivity contribution is 5.80. The van der Waals surface area contributed by atoms with E-state index in [-0.39, 0.29) is 5.41 Å². The second-order valence-electron chi connectivity index (χ2n) is 5.64. The Kier molecular flexibility index (Phi) is 2.53. The van der Waals surface area contributed by atoms with Crippen LogP contribution >= 0.6 is 0 Å². The molecular formula is C15H18N4. The van der Waals surface area contributed by atoms with E-state index in [2.05, 4.69) is 38.7 Å². The molecule has 0 aliphatic heterocycles. The third-order valence-electron chi connectivity index (χ3n) is 4.16. The molecule has 0 spiro atoms. The standard InChI is InChI=1S/C15H18N4/c1-11-17-13-8-12(4-5-14(13)19(11)3)18(2)10-15(9-16)6-7-15/h4-5,8H,6-7,10H2,1-3H3. The Balaban J connectivity index is 1.91. The predicted octanol–water partition coefficient (Wildman–Crippen LogP) is 2.62. The third-order valence-corrected chi connectivity index (χ3v) is 4.16. The topological polar surface area (TPSA) is 44.9 Å². The zero-order chi connectivity index (χ0) is 13.6. The van der Waals surface area contributed by atoms with E-state index in [0.717, 1.165) is 41.9 Å². The normalized spacial score (nSPS) is 16.3. The van der Waals surface area contributed by atoms with Crippen LogP contribution in [0.15, 0.2) is 18.2 Å². The minimum absolute atomic E-state index is 0.107. The molecule has 1 heterocycles. The van der Waals surface area contributed by atoms with Crippen molar-refractivity contribution in [3.05, 3.63) is 24.0 Å². The minimum atomic E-state index is -0.107. The van der Waals surface area contributed by atoms with Gasteiger partial charge in [-0.05, 0) is 38.0 Å². The van der Waals surface area contributed by atoms with Crippen molar-refractivity contribution in [1.29, 1.82) is 5.26 Å². The largest absolute Gasteiger partial charge is 0.373 e. The molecule has 2 aromatic rings. The average Bonchev–Trinajstić information content (AvgIpc) is 3.12. The van der Waals surface area contributed by atoms with Crippen LogP contribution in [0.3, 0.4) is 0 Å². The number of benzene rings is 1. The van der Waals surface area contributed by atoms with Crippen molar-refractivity contribution in [3.8, 4) is 6.07 Å². The van der Waals surface area contributed by atoms with Crippen LogP contribution < -0.4 is 4.90 Å². The first kappa shape index (κ1) is 12.0. The van der Waals surface area contributed by atoms with Gasteiger partial charge in [0.15, 0.2) is 0 Å². The maximum absolute atomic E-state index is 9.17. The fourth-order valence-corrected chi connectivity index (χ4v) is 2.55. The molecule has 4 nitrogen and oxygen atoms in total. The van der Waals surface area contributed by atoms with Gasteiger partial charge in [0.2, 0.25) is 0 Å². The maximum Gasteiger partial charge on any atom is 0.106 e. The van der Waals surface area contributed by atoms with E-state index in [9.17, 15) is 5.26 Å². The molecule has 0 bridgehead atoms. The summed E-state index contributed by atoms with van der Waals surface area (Å²) in [6, 6.07) is 8.76. The van der Waals surface area contributed by atoms with Gasteiger partial charge < -0.3 is 9.47 Å². The lowest BCUT2D eigenvalue weighted by Gasteiger charge is -2.21. The number of fused-ring (bicyclic) bond motifs is 1. The molecule has 0 radical (unpaired) electrons. The summed E-state index contributed by atoms with van der Waals surface area (Å²) in [5, 5.41) is 9.17. The van der Waals surface area contributed by atoms with Crippen molar-refractivity contribution in [1.82, 2.24) is 9.55 Å². The van der Waals surface area contributed by atoms with Crippen LogP contribution in [0.25, 0.3) is 11.0 Å². The highest BCUT2D eigenvalue weighted by Crippen LogP contribution is 2.45. The van der Waals surface area contributed by atoms with Crippen LogP contribution in [-0.4, -0.2) is 23.1 Å². The number of imidazole rings is 1. The molecule has 0 saturated heterocycles. The average molecular weight is 254 g/mol. The van der Waals surface area contributed by atoms with Crippen molar-refractivity contribution in [2.24, 2.45) is 12.5 Å². The number of aryl methyl sites for hydroxylation is 2. The molecule has 0 unspecified atom stereocenters. The summed E-state index contributed by atoms with van der Waals surface area (Å²) < 4.78 is 2.09. The summed E-state index contributed by atoms with van der Waals surface area (Å²) in [5.41, 5.74) is 3.19. The molecule has 0 amide bonds. The number of nitrogens with zero attached hydrogens (tertiary/aromatic N) is 4. The third kappa shape index (κ3) is 1.95. The van der Waals surface area contributed by atoms with Gasteiger partial charge in [0.25, 0.3) is 0 Å². The van der Waals surface area contributed by atoms with Crippen LogP contribution in [-0.2, 0) is 7.05 Å². The summed E-state index contributed by atoms with van der Waals surface area (Å²) >= 11 is 0. The Labute approximate surface area is 113 Å². The zero-order valence-corrected chi connectivity index (χ0v) is 11.6. The lowest BCUT2D eigenvalue weighted by atomic mass is 10.1. The van der Waals surface area contributed by atoms with E-state index in [0.29, 0.717) is 0 Å². The van der Waals surface area contributed by atoms with Gasteiger partial charge in [-0.2, -0.15) is 5.26 Å². The van der Waals surface area contributed by atoms with Gasteiger partial charge in [0.1, 0.15) is 5.82 Å². The Hall–Kier alpha value is -2.02. The van der Waals surface area contributed by atoms with Crippen LogP contribution in [0.5, 0.6) is 0 Å². The second kappa shape index (κ2) is 3.99. The van der Waals surface area contributed by atoms with Gasteiger partial charge in [-0.25, -0.2) is 4.98 Å². The van der Waals surface area contributed by atoms with Gasteiger partial charge >= 0.3 is 0 Å². The Bertz CT molecular complexity index is 673. The lowest BCUT2D eigenvalue weighted by Crippen LogP contribution is -2.25. The monoisotopic (exact) mass is 254 g/mol. The van der Waals surface area contributed by atoms with E-state index in [1.54, 1.807) is 0 Å². The molecule has 3 rings (SSSR count). The predicted molar refractivity (Wildman–Crippen MR) is 76.0 cm³/mol. The molecule has 98 valence electrons. The van der Waals surface area contributed by atoms with E-state index >= 15 is 0 Å². The van der Waals surface area contributed by atoms with E-state index < -0.39 is 0 Å². The minimum Gasteiger partial charge on any atom is -0.373 e. The van der Waals surface area contributed by atoms with Crippen molar-refractivity contribution < 1.29 is 0 Å². The van der Waals surface area contributed by atoms with Crippen molar-refractivity contribution in [3.63, 3.8) is 0 Å². The van der Waals surface area contributed by atoms with E-state index in [1.165, 1.54) is 0 Å². The molecule has 0 N–H and O–H groups in total. The molecule has 1 saturated carbocycles. The van der Waals surface area contributed by atoms with Crippen molar-refractivity contribution in [2.75, 3.05) is 18.5 Å². The van der Waals surface area contributed by atoms with E-state index in [4.69, 9.17) is 0 Å². The summed E-state index contributed by atoms with van der Waals surface area (Å²) in [7, 11) is 4.08. The van der Waals surface area contributed by atoms with E-state index in [1.807, 2.05) is 21.0 Å². The Morgan fingerprint density at radius 3 is 2.84 bits per heavy atom. The van der Waals surface area contributed by atoms with Crippen molar-refractivity contribution >= 4 is 16.7 Å². The number of anilines is 1. The van der Waals surface area contributed by atoms with Gasteiger partial charge in [0, 0.05) is 26.3 Å². The zero-order valence-electron chi connectivity index (χ0n) is 11.6. The molecule has 19 heavy (non-hydrogen) atoms. The molecule has 1 aliphatic rings. The highest BCUT2D eigenvalue weighted by Gasteiger charge is 2.44. The second-order valence-corrected chi connectivity index (χ2v) is 5.64. The SMILES string of the molecule is Cc1nc2cc(N(C)CC3(C#N)CC3)ccc2n1C. The Morgan fingerprint density at radius 1 is 1.47 bits per heavy atom. The summed E-state index contributed by atoms with van der Waals surface area (Å²) in [6.07, 6.45) is 2.05. The smallest absolute Gasteiger partial charge is 0.106 e. The van der Waals surface area contributed by atoms with Gasteiger partial charge in [0.05, 0.1) is 22.5 Å². The first-order valence-corrected chi connectivity index (χ1v) is 6.60. The number of rotatable bonds is 3. The van der Waals surface area contributed by atoms with Crippen LogP contribution in [0.2, 0.25) is 0 Å². The fraction of sp³-hybridized carbons (Fsp3) is 0.467. The first-order valence-electron chi connectivity index (χ1n) is 6.60. The first-order chi connectivity index (χ1) is 9.04. The highest BCUT2D eigenvalue weighted by atomic mass is 15.1.